The van der Waals surface area contributed by atoms with Gasteiger partial charge in [-0.1, -0.05) is 32.9 Å². The van der Waals surface area contributed by atoms with Gasteiger partial charge in [0.15, 0.2) is 0 Å². The van der Waals surface area contributed by atoms with Crippen molar-refractivity contribution in [1.29, 1.82) is 0 Å². The van der Waals surface area contributed by atoms with E-state index in [0.29, 0.717) is 30.3 Å². The van der Waals surface area contributed by atoms with Gasteiger partial charge in [0.25, 0.3) is 0 Å². The van der Waals surface area contributed by atoms with E-state index in [1.807, 2.05) is 6.92 Å². The zero-order chi connectivity index (χ0) is 15.8. The summed E-state index contributed by atoms with van der Waals surface area (Å²) < 4.78 is 11.2. The first-order chi connectivity index (χ1) is 10.0. The highest BCUT2D eigenvalue weighted by Gasteiger charge is 2.29. The van der Waals surface area contributed by atoms with Crippen molar-refractivity contribution in [3.05, 3.63) is 11.7 Å². The average molecular weight is 297 g/mol. The highest BCUT2D eigenvalue weighted by atomic mass is 16.5. The van der Waals surface area contributed by atoms with E-state index in [1.54, 1.807) is 0 Å². The first-order valence-electron chi connectivity index (χ1n) is 8.23. The van der Waals surface area contributed by atoms with Crippen molar-refractivity contribution in [3.63, 3.8) is 0 Å². The standard InChI is InChI=1S/C16H31N3O2/c1-7-10-17-12(6)14(11(4)5)16-18-15(19-21-16)13(8-2)20-9-3/h11-14,17H,7-10H2,1-6H3. The Morgan fingerprint density at radius 1 is 1.19 bits per heavy atom. The summed E-state index contributed by atoms with van der Waals surface area (Å²) in [4.78, 5) is 4.61. The lowest BCUT2D eigenvalue weighted by atomic mass is 9.89. The first kappa shape index (κ1) is 18.1. The molecule has 1 aromatic rings. The molecule has 0 spiro atoms. The Morgan fingerprint density at radius 2 is 1.90 bits per heavy atom. The number of rotatable bonds is 10. The van der Waals surface area contributed by atoms with Crippen LogP contribution in [0.4, 0.5) is 0 Å². The van der Waals surface area contributed by atoms with Gasteiger partial charge in [0, 0.05) is 12.6 Å². The van der Waals surface area contributed by atoms with Crippen LogP contribution in [0.1, 0.15) is 78.1 Å². The van der Waals surface area contributed by atoms with Gasteiger partial charge in [0.1, 0.15) is 6.10 Å². The van der Waals surface area contributed by atoms with E-state index >= 15 is 0 Å². The van der Waals surface area contributed by atoms with Gasteiger partial charge < -0.3 is 14.6 Å². The lowest BCUT2D eigenvalue weighted by Crippen LogP contribution is -2.35. The van der Waals surface area contributed by atoms with Gasteiger partial charge in [-0.25, -0.2) is 0 Å². The second-order valence-electron chi connectivity index (χ2n) is 5.86. The largest absolute Gasteiger partial charge is 0.370 e. The minimum atomic E-state index is -0.0702. The number of nitrogens with zero attached hydrogens (tertiary/aromatic N) is 2. The molecule has 5 nitrogen and oxygen atoms in total. The fraction of sp³-hybridized carbons (Fsp3) is 0.875. The van der Waals surface area contributed by atoms with E-state index in [-0.39, 0.29) is 12.0 Å². The van der Waals surface area contributed by atoms with Gasteiger partial charge in [-0.05, 0) is 39.2 Å². The van der Waals surface area contributed by atoms with E-state index in [1.165, 1.54) is 0 Å². The van der Waals surface area contributed by atoms with Gasteiger partial charge in [0.2, 0.25) is 11.7 Å². The molecule has 0 amide bonds. The second-order valence-corrected chi connectivity index (χ2v) is 5.86. The number of nitrogens with one attached hydrogen (secondary N) is 1. The second kappa shape index (κ2) is 9.15. The lowest BCUT2D eigenvalue weighted by Gasteiger charge is -2.25. The molecule has 3 atom stereocenters. The molecule has 1 aromatic heterocycles. The molecule has 0 saturated heterocycles. The predicted molar refractivity (Wildman–Crippen MR) is 84.3 cm³/mol. The molecular formula is C16H31N3O2. The Hall–Kier alpha value is -0.940. The van der Waals surface area contributed by atoms with E-state index < -0.39 is 0 Å². The Bertz CT molecular complexity index is 393. The third-order valence-electron chi connectivity index (χ3n) is 3.74. The molecule has 0 radical (unpaired) electrons. The minimum absolute atomic E-state index is 0.0702. The summed E-state index contributed by atoms with van der Waals surface area (Å²) in [5, 5.41) is 7.66. The number of ether oxygens (including phenoxy) is 1. The summed E-state index contributed by atoms with van der Waals surface area (Å²) in [6.45, 7) is 14.5. The summed E-state index contributed by atoms with van der Waals surface area (Å²) in [6, 6.07) is 0.311. The molecule has 0 saturated carbocycles. The normalized spacial score (nSPS) is 16.1. The van der Waals surface area contributed by atoms with Crippen LogP contribution in [0.25, 0.3) is 0 Å². The highest BCUT2D eigenvalue weighted by molar-refractivity contribution is 5.01. The molecule has 1 heterocycles. The molecule has 122 valence electrons. The van der Waals surface area contributed by atoms with Crippen molar-refractivity contribution in [2.24, 2.45) is 5.92 Å². The van der Waals surface area contributed by atoms with Gasteiger partial charge in [-0.3, -0.25) is 0 Å². The maximum Gasteiger partial charge on any atom is 0.231 e. The number of aromatic nitrogens is 2. The fourth-order valence-electron chi connectivity index (χ4n) is 2.66. The summed E-state index contributed by atoms with van der Waals surface area (Å²) in [6.07, 6.45) is 1.90. The lowest BCUT2D eigenvalue weighted by molar-refractivity contribution is 0.0518. The van der Waals surface area contributed by atoms with Crippen molar-refractivity contribution < 1.29 is 9.26 Å². The Morgan fingerprint density at radius 3 is 2.43 bits per heavy atom. The monoisotopic (exact) mass is 297 g/mol. The Labute approximate surface area is 128 Å². The summed E-state index contributed by atoms with van der Waals surface area (Å²) >= 11 is 0. The molecule has 0 aromatic carbocycles. The van der Waals surface area contributed by atoms with Gasteiger partial charge >= 0.3 is 0 Å². The quantitative estimate of drug-likeness (QED) is 0.713. The molecule has 3 unspecified atom stereocenters. The van der Waals surface area contributed by atoms with Crippen molar-refractivity contribution in [2.75, 3.05) is 13.2 Å². The first-order valence-corrected chi connectivity index (χ1v) is 8.23. The molecule has 0 aliphatic heterocycles. The maximum absolute atomic E-state index is 5.66. The Kier molecular flexibility index (Phi) is 7.89. The molecular weight excluding hydrogens is 266 g/mol. The van der Waals surface area contributed by atoms with Crippen molar-refractivity contribution in [3.8, 4) is 0 Å². The van der Waals surface area contributed by atoms with Crippen LogP contribution in [0.2, 0.25) is 0 Å². The molecule has 5 heteroatoms. The van der Waals surface area contributed by atoms with Crippen LogP contribution >= 0.6 is 0 Å². The molecule has 1 N–H and O–H groups in total. The number of hydrogen-bond donors (Lipinski definition) is 1. The maximum atomic E-state index is 5.66. The minimum Gasteiger partial charge on any atom is -0.370 e. The number of hydrogen-bond acceptors (Lipinski definition) is 5. The smallest absolute Gasteiger partial charge is 0.231 e. The van der Waals surface area contributed by atoms with E-state index in [0.717, 1.165) is 19.4 Å². The van der Waals surface area contributed by atoms with Gasteiger partial charge in [-0.15, -0.1) is 0 Å². The summed E-state index contributed by atoms with van der Waals surface area (Å²) in [7, 11) is 0. The van der Waals surface area contributed by atoms with Crippen LogP contribution in [-0.2, 0) is 4.74 Å². The van der Waals surface area contributed by atoms with Gasteiger partial charge in [0.05, 0.1) is 5.92 Å². The van der Waals surface area contributed by atoms with Crippen LogP contribution in [0, 0.1) is 5.92 Å². The third kappa shape index (κ3) is 5.08. The van der Waals surface area contributed by atoms with Crippen LogP contribution < -0.4 is 5.32 Å². The average Bonchev–Trinajstić information content (AvgIpc) is 2.91. The molecule has 0 fully saturated rings. The molecule has 0 aliphatic rings. The van der Waals surface area contributed by atoms with E-state index in [4.69, 9.17) is 9.26 Å². The van der Waals surface area contributed by atoms with Crippen molar-refractivity contribution in [2.45, 2.75) is 72.4 Å². The predicted octanol–water partition coefficient (Wildman–Crippen LogP) is 3.68. The van der Waals surface area contributed by atoms with Crippen molar-refractivity contribution >= 4 is 0 Å². The van der Waals surface area contributed by atoms with Crippen LogP contribution in [0.3, 0.4) is 0 Å². The van der Waals surface area contributed by atoms with Crippen LogP contribution in [0.15, 0.2) is 4.52 Å². The highest BCUT2D eigenvalue weighted by Crippen LogP contribution is 2.28. The van der Waals surface area contributed by atoms with E-state index in [2.05, 4.69) is 50.1 Å². The van der Waals surface area contributed by atoms with Crippen molar-refractivity contribution in [1.82, 2.24) is 15.5 Å². The topological polar surface area (TPSA) is 60.2 Å². The van der Waals surface area contributed by atoms with Crippen LogP contribution in [0.5, 0.6) is 0 Å². The fourth-order valence-corrected chi connectivity index (χ4v) is 2.66. The summed E-state index contributed by atoms with van der Waals surface area (Å²) in [5.74, 6) is 2.04. The van der Waals surface area contributed by atoms with Gasteiger partial charge in [-0.2, -0.15) is 4.98 Å². The third-order valence-corrected chi connectivity index (χ3v) is 3.74. The van der Waals surface area contributed by atoms with Crippen LogP contribution in [-0.4, -0.2) is 29.3 Å². The molecule has 0 aliphatic carbocycles. The zero-order valence-corrected chi connectivity index (χ0v) is 14.3. The summed E-state index contributed by atoms with van der Waals surface area (Å²) in [5.41, 5.74) is 0. The van der Waals surface area contributed by atoms with E-state index in [9.17, 15) is 0 Å². The zero-order valence-electron chi connectivity index (χ0n) is 14.3. The SMILES string of the molecule is CCCNC(C)C(c1nc(C(CC)OCC)no1)C(C)C. The molecule has 21 heavy (non-hydrogen) atoms. The molecule has 0 bridgehead atoms. The Balaban J connectivity index is 2.87. The molecule has 1 rings (SSSR count).